The molecule has 0 aliphatic carbocycles. The minimum Gasteiger partial charge on any atom is -0.323 e. The number of hydrogen-bond donors (Lipinski definition) is 1. The van der Waals surface area contributed by atoms with Crippen molar-refractivity contribution in [1.82, 2.24) is 4.98 Å². The van der Waals surface area contributed by atoms with Crippen LogP contribution in [0.2, 0.25) is 5.02 Å². The van der Waals surface area contributed by atoms with Crippen LogP contribution >= 0.6 is 11.6 Å². The normalized spacial score (nSPS) is 12.9. The van der Waals surface area contributed by atoms with Gasteiger partial charge < -0.3 is 5.73 Å². The summed E-state index contributed by atoms with van der Waals surface area (Å²) in [4.78, 5) is 4.14. The van der Waals surface area contributed by atoms with Gasteiger partial charge in [-0.05, 0) is 18.6 Å². The fourth-order valence-electron chi connectivity index (χ4n) is 1.07. The number of rotatable bonds is 3. The lowest BCUT2D eigenvalue weighted by Crippen LogP contribution is -2.11. The highest BCUT2D eigenvalue weighted by Crippen LogP contribution is 2.14. The Hall–Kier alpha value is -0.600. The molecule has 1 atom stereocenters. The summed E-state index contributed by atoms with van der Waals surface area (Å²) in [5.41, 5.74) is 6.77. The zero-order valence-corrected chi connectivity index (χ0v) is 7.88. The maximum atomic E-state index is 5.85. The molecule has 0 aliphatic heterocycles. The minimum absolute atomic E-state index is 0.0484. The predicted molar refractivity (Wildman–Crippen MR) is 51.1 cm³/mol. The van der Waals surface area contributed by atoms with Crippen LogP contribution in [0, 0.1) is 0 Å². The quantitative estimate of drug-likeness (QED) is 0.784. The molecule has 2 N–H and O–H groups in total. The third kappa shape index (κ3) is 2.47. The van der Waals surface area contributed by atoms with Crippen LogP contribution in [0.15, 0.2) is 18.3 Å². The van der Waals surface area contributed by atoms with Gasteiger partial charge in [-0.25, -0.2) is 0 Å². The van der Waals surface area contributed by atoms with Crippen LogP contribution in [0.3, 0.4) is 0 Å². The number of pyridine rings is 1. The summed E-state index contributed by atoms with van der Waals surface area (Å²) in [5.74, 6) is 0. The fourth-order valence-corrected chi connectivity index (χ4v) is 1.18. The van der Waals surface area contributed by atoms with Crippen LogP contribution < -0.4 is 5.73 Å². The summed E-state index contributed by atoms with van der Waals surface area (Å²) < 4.78 is 0. The molecule has 0 aromatic carbocycles. The van der Waals surface area contributed by atoms with Crippen molar-refractivity contribution in [2.45, 2.75) is 25.8 Å². The minimum atomic E-state index is 0.0484. The van der Waals surface area contributed by atoms with E-state index in [2.05, 4.69) is 11.9 Å². The van der Waals surface area contributed by atoms with Gasteiger partial charge in [-0.3, -0.25) is 4.98 Å². The number of halogens is 1. The van der Waals surface area contributed by atoms with E-state index in [9.17, 15) is 0 Å². The molecule has 0 fully saturated rings. The van der Waals surface area contributed by atoms with Crippen LogP contribution in [-0.4, -0.2) is 4.98 Å². The SMILES string of the molecule is CCC[C@@H](N)c1ccc(Cl)cn1. The number of nitrogens with zero attached hydrogens (tertiary/aromatic N) is 1. The summed E-state index contributed by atoms with van der Waals surface area (Å²) >= 11 is 5.69. The van der Waals surface area contributed by atoms with E-state index in [1.165, 1.54) is 0 Å². The molecule has 0 spiro atoms. The van der Waals surface area contributed by atoms with E-state index in [-0.39, 0.29) is 6.04 Å². The molecular weight excluding hydrogens is 172 g/mol. The van der Waals surface area contributed by atoms with Gasteiger partial charge in [0.2, 0.25) is 0 Å². The largest absolute Gasteiger partial charge is 0.323 e. The zero-order valence-electron chi connectivity index (χ0n) is 7.13. The summed E-state index contributed by atoms with van der Waals surface area (Å²) in [7, 11) is 0. The first-order valence-corrected chi connectivity index (χ1v) is 4.49. The van der Waals surface area contributed by atoms with Crippen molar-refractivity contribution in [1.29, 1.82) is 0 Å². The molecular formula is C9H13ClN2. The summed E-state index contributed by atoms with van der Waals surface area (Å²) in [6.07, 6.45) is 3.67. The smallest absolute Gasteiger partial charge is 0.0589 e. The molecule has 1 aromatic heterocycles. The van der Waals surface area contributed by atoms with Crippen LogP contribution in [-0.2, 0) is 0 Å². The first-order chi connectivity index (χ1) is 5.74. The second-order valence-electron chi connectivity index (χ2n) is 2.80. The van der Waals surface area contributed by atoms with E-state index in [0.717, 1.165) is 18.5 Å². The van der Waals surface area contributed by atoms with Crippen molar-refractivity contribution in [3.63, 3.8) is 0 Å². The highest BCUT2D eigenvalue weighted by Gasteiger charge is 2.04. The molecule has 1 aromatic rings. The standard InChI is InChI=1S/C9H13ClN2/c1-2-3-8(11)9-5-4-7(10)6-12-9/h4-6,8H,2-3,11H2,1H3/t8-/m1/s1. The average molecular weight is 185 g/mol. The van der Waals surface area contributed by atoms with Crippen molar-refractivity contribution in [2.24, 2.45) is 5.73 Å². The highest BCUT2D eigenvalue weighted by molar-refractivity contribution is 6.30. The number of aromatic nitrogens is 1. The van der Waals surface area contributed by atoms with Crippen LogP contribution in [0.5, 0.6) is 0 Å². The lowest BCUT2D eigenvalue weighted by molar-refractivity contribution is 0.622. The first-order valence-electron chi connectivity index (χ1n) is 4.11. The number of nitrogens with two attached hydrogens (primary N) is 1. The topological polar surface area (TPSA) is 38.9 Å². The third-order valence-corrected chi connectivity index (χ3v) is 1.95. The maximum absolute atomic E-state index is 5.85. The molecule has 66 valence electrons. The molecule has 3 heteroatoms. The van der Waals surface area contributed by atoms with Crippen molar-refractivity contribution in [2.75, 3.05) is 0 Å². The molecule has 0 aliphatic rings. The van der Waals surface area contributed by atoms with Gasteiger partial charge in [0.1, 0.15) is 0 Å². The van der Waals surface area contributed by atoms with Gasteiger partial charge in [-0.2, -0.15) is 0 Å². The van der Waals surface area contributed by atoms with E-state index in [4.69, 9.17) is 17.3 Å². The van der Waals surface area contributed by atoms with E-state index in [1.807, 2.05) is 12.1 Å². The molecule has 0 saturated heterocycles. The van der Waals surface area contributed by atoms with Crippen LogP contribution in [0.25, 0.3) is 0 Å². The second kappa shape index (κ2) is 4.43. The Kier molecular flexibility index (Phi) is 3.50. The number of hydrogen-bond acceptors (Lipinski definition) is 2. The van der Waals surface area contributed by atoms with Crippen molar-refractivity contribution < 1.29 is 0 Å². The monoisotopic (exact) mass is 184 g/mol. The Bertz CT molecular complexity index is 233. The van der Waals surface area contributed by atoms with Gasteiger partial charge in [0.15, 0.2) is 0 Å². The summed E-state index contributed by atoms with van der Waals surface area (Å²) in [6.45, 7) is 2.11. The fraction of sp³-hybridized carbons (Fsp3) is 0.444. The van der Waals surface area contributed by atoms with E-state index < -0.39 is 0 Å². The third-order valence-electron chi connectivity index (χ3n) is 1.73. The molecule has 0 bridgehead atoms. The lowest BCUT2D eigenvalue weighted by Gasteiger charge is -2.08. The molecule has 0 radical (unpaired) electrons. The Morgan fingerprint density at radius 1 is 1.58 bits per heavy atom. The van der Waals surface area contributed by atoms with Crippen LogP contribution in [0.1, 0.15) is 31.5 Å². The first kappa shape index (κ1) is 9.49. The zero-order chi connectivity index (χ0) is 8.97. The van der Waals surface area contributed by atoms with Gasteiger partial charge in [-0.1, -0.05) is 24.9 Å². The maximum Gasteiger partial charge on any atom is 0.0589 e. The molecule has 0 unspecified atom stereocenters. The second-order valence-corrected chi connectivity index (χ2v) is 3.23. The molecule has 1 heterocycles. The Labute approximate surface area is 77.8 Å². The molecule has 0 saturated carbocycles. The van der Waals surface area contributed by atoms with Gasteiger partial charge in [0.05, 0.1) is 10.7 Å². The van der Waals surface area contributed by atoms with Crippen molar-refractivity contribution in [3.8, 4) is 0 Å². The Balaban J connectivity index is 2.68. The van der Waals surface area contributed by atoms with E-state index >= 15 is 0 Å². The lowest BCUT2D eigenvalue weighted by atomic mass is 10.1. The predicted octanol–water partition coefficient (Wildman–Crippen LogP) is 2.53. The molecule has 0 amide bonds. The van der Waals surface area contributed by atoms with E-state index in [0.29, 0.717) is 5.02 Å². The van der Waals surface area contributed by atoms with Gasteiger partial charge in [0.25, 0.3) is 0 Å². The highest BCUT2D eigenvalue weighted by atomic mass is 35.5. The Morgan fingerprint density at radius 2 is 2.33 bits per heavy atom. The van der Waals surface area contributed by atoms with E-state index in [1.54, 1.807) is 6.20 Å². The Morgan fingerprint density at radius 3 is 2.83 bits per heavy atom. The van der Waals surface area contributed by atoms with Crippen LogP contribution in [0.4, 0.5) is 0 Å². The van der Waals surface area contributed by atoms with Crippen molar-refractivity contribution in [3.05, 3.63) is 29.0 Å². The van der Waals surface area contributed by atoms with Gasteiger partial charge in [-0.15, -0.1) is 0 Å². The molecule has 12 heavy (non-hydrogen) atoms. The molecule has 1 rings (SSSR count). The summed E-state index contributed by atoms with van der Waals surface area (Å²) in [6, 6.07) is 3.74. The van der Waals surface area contributed by atoms with Gasteiger partial charge in [0, 0.05) is 12.2 Å². The van der Waals surface area contributed by atoms with Gasteiger partial charge >= 0.3 is 0 Å². The molecule has 2 nitrogen and oxygen atoms in total. The summed E-state index contributed by atoms with van der Waals surface area (Å²) in [5, 5.41) is 0.655. The van der Waals surface area contributed by atoms with Crippen molar-refractivity contribution >= 4 is 11.6 Å². The average Bonchev–Trinajstić information content (AvgIpc) is 2.06.